The monoisotopic (exact) mass is 289 g/mol. The number of rotatable bonds is 4. The molecule has 0 atom stereocenters. The van der Waals surface area contributed by atoms with E-state index in [4.69, 9.17) is 0 Å². The van der Waals surface area contributed by atoms with E-state index >= 15 is 0 Å². The van der Waals surface area contributed by atoms with Crippen molar-refractivity contribution in [2.45, 2.75) is 13.1 Å². The summed E-state index contributed by atoms with van der Waals surface area (Å²) in [6.45, 7) is 1.16. The van der Waals surface area contributed by atoms with Gasteiger partial charge in [0.1, 0.15) is 0 Å². The molecule has 0 unspecified atom stereocenters. The lowest BCUT2D eigenvalue weighted by Gasteiger charge is -2.14. The fraction of sp³-hybridized carbons (Fsp3) is 0.333. The molecular formula is C12H14F3N3O2. The van der Waals surface area contributed by atoms with Crippen molar-refractivity contribution < 1.29 is 22.8 Å². The molecule has 0 bridgehead atoms. The van der Waals surface area contributed by atoms with Crippen LogP contribution in [-0.2, 0) is 15.8 Å². The first-order chi connectivity index (χ1) is 9.24. The molecule has 0 aliphatic rings. The standard InChI is InChI=1S/C12H14F3N3O2/c1-7(19)17-9-4-3-8(12(13,14)15)5-10(9)18-11(20)6-16-2/h3-5,16H,6H2,1-2H3,(H,17,19)(H,18,20). The van der Waals surface area contributed by atoms with Gasteiger partial charge in [-0.05, 0) is 25.2 Å². The van der Waals surface area contributed by atoms with Gasteiger partial charge in [0.05, 0.1) is 23.5 Å². The predicted octanol–water partition coefficient (Wildman–Crippen LogP) is 1.82. The first-order valence-electron chi connectivity index (χ1n) is 5.67. The van der Waals surface area contributed by atoms with Gasteiger partial charge >= 0.3 is 6.18 Å². The molecule has 2 amide bonds. The SMILES string of the molecule is CNCC(=O)Nc1cc(C(F)(F)F)ccc1NC(C)=O. The van der Waals surface area contributed by atoms with E-state index in [2.05, 4.69) is 16.0 Å². The van der Waals surface area contributed by atoms with E-state index in [-0.39, 0.29) is 17.9 Å². The highest BCUT2D eigenvalue weighted by Crippen LogP contribution is 2.34. The van der Waals surface area contributed by atoms with Crippen molar-refractivity contribution in [1.29, 1.82) is 0 Å². The second-order valence-corrected chi connectivity index (χ2v) is 4.02. The van der Waals surface area contributed by atoms with Crippen molar-refractivity contribution in [1.82, 2.24) is 5.32 Å². The van der Waals surface area contributed by atoms with Gasteiger partial charge in [-0.2, -0.15) is 13.2 Å². The van der Waals surface area contributed by atoms with Gasteiger partial charge in [0.25, 0.3) is 0 Å². The topological polar surface area (TPSA) is 70.2 Å². The minimum Gasteiger partial charge on any atom is -0.325 e. The predicted molar refractivity (Wildman–Crippen MR) is 68.3 cm³/mol. The lowest BCUT2D eigenvalue weighted by atomic mass is 10.1. The largest absolute Gasteiger partial charge is 0.416 e. The van der Waals surface area contributed by atoms with Crippen LogP contribution in [0.1, 0.15) is 12.5 Å². The second-order valence-electron chi connectivity index (χ2n) is 4.02. The zero-order valence-electron chi connectivity index (χ0n) is 10.9. The summed E-state index contributed by atoms with van der Waals surface area (Å²) in [6, 6.07) is 2.71. The van der Waals surface area contributed by atoms with E-state index in [0.717, 1.165) is 18.2 Å². The zero-order chi connectivity index (χ0) is 15.3. The molecule has 0 aliphatic carbocycles. The number of halogens is 3. The molecule has 0 aromatic heterocycles. The summed E-state index contributed by atoms with van der Waals surface area (Å²) >= 11 is 0. The molecule has 110 valence electrons. The third-order valence-electron chi connectivity index (χ3n) is 2.27. The molecule has 0 heterocycles. The Hall–Kier alpha value is -2.09. The number of alkyl halides is 3. The molecule has 0 spiro atoms. The van der Waals surface area contributed by atoms with Crippen LogP contribution in [-0.4, -0.2) is 25.4 Å². The van der Waals surface area contributed by atoms with Gasteiger partial charge in [-0.3, -0.25) is 9.59 Å². The van der Waals surface area contributed by atoms with Crippen LogP contribution in [0.2, 0.25) is 0 Å². The number of carbonyl (C=O) groups is 2. The lowest BCUT2D eigenvalue weighted by Crippen LogP contribution is -2.26. The van der Waals surface area contributed by atoms with Crippen LogP contribution in [0.3, 0.4) is 0 Å². The van der Waals surface area contributed by atoms with Crippen molar-refractivity contribution in [2.75, 3.05) is 24.2 Å². The molecule has 20 heavy (non-hydrogen) atoms. The summed E-state index contributed by atoms with van der Waals surface area (Å²) in [5.41, 5.74) is -0.906. The maximum absolute atomic E-state index is 12.6. The van der Waals surface area contributed by atoms with E-state index in [9.17, 15) is 22.8 Å². The smallest absolute Gasteiger partial charge is 0.325 e. The number of hydrogen-bond acceptors (Lipinski definition) is 3. The van der Waals surface area contributed by atoms with E-state index in [1.807, 2.05) is 0 Å². The van der Waals surface area contributed by atoms with Gasteiger partial charge in [0.15, 0.2) is 0 Å². The number of benzene rings is 1. The highest BCUT2D eigenvalue weighted by molar-refractivity contribution is 5.99. The van der Waals surface area contributed by atoms with Crippen LogP contribution in [0.5, 0.6) is 0 Å². The maximum Gasteiger partial charge on any atom is 0.416 e. The van der Waals surface area contributed by atoms with Crippen LogP contribution >= 0.6 is 0 Å². The Bertz CT molecular complexity index is 515. The summed E-state index contributed by atoms with van der Waals surface area (Å²) in [4.78, 5) is 22.4. The number of nitrogens with one attached hydrogen (secondary N) is 3. The zero-order valence-corrected chi connectivity index (χ0v) is 10.9. The molecule has 1 aromatic carbocycles. The Kier molecular flexibility index (Phi) is 5.09. The first-order valence-corrected chi connectivity index (χ1v) is 5.67. The average molecular weight is 289 g/mol. The quantitative estimate of drug-likeness (QED) is 0.792. The molecule has 1 rings (SSSR count). The summed E-state index contributed by atoms with van der Waals surface area (Å²) in [5.74, 6) is -0.965. The molecule has 1 aromatic rings. The fourth-order valence-corrected chi connectivity index (χ4v) is 1.48. The molecule has 0 aliphatic heterocycles. The summed E-state index contributed by atoms with van der Waals surface area (Å²) in [5, 5.41) is 7.24. The molecule has 3 N–H and O–H groups in total. The van der Waals surface area contributed by atoms with Crippen LogP contribution < -0.4 is 16.0 Å². The number of anilines is 2. The van der Waals surface area contributed by atoms with Crippen LogP contribution in [0.15, 0.2) is 18.2 Å². The van der Waals surface area contributed by atoms with Gasteiger partial charge in [-0.1, -0.05) is 0 Å². The summed E-state index contributed by atoms with van der Waals surface area (Å²) in [6.07, 6.45) is -4.53. The van der Waals surface area contributed by atoms with Crippen molar-refractivity contribution in [3.63, 3.8) is 0 Å². The molecule has 0 radical (unpaired) electrons. The Morgan fingerprint density at radius 3 is 2.30 bits per heavy atom. The maximum atomic E-state index is 12.6. The normalized spacial score (nSPS) is 11.1. The fourth-order valence-electron chi connectivity index (χ4n) is 1.48. The van der Waals surface area contributed by atoms with Crippen LogP contribution in [0.25, 0.3) is 0 Å². The van der Waals surface area contributed by atoms with E-state index in [1.54, 1.807) is 0 Å². The molecule has 0 saturated heterocycles. The third kappa shape index (κ3) is 4.54. The second kappa shape index (κ2) is 6.38. The Balaban J connectivity index is 3.12. The number of hydrogen-bond donors (Lipinski definition) is 3. The Labute approximate surface area is 113 Å². The molecule has 0 saturated carbocycles. The minimum absolute atomic E-state index is 0.0598. The van der Waals surface area contributed by atoms with E-state index < -0.39 is 23.6 Å². The molecular weight excluding hydrogens is 275 g/mol. The molecule has 5 nitrogen and oxygen atoms in total. The van der Waals surface area contributed by atoms with Gasteiger partial charge in [0, 0.05) is 6.92 Å². The highest BCUT2D eigenvalue weighted by atomic mass is 19.4. The first kappa shape index (κ1) is 16.0. The van der Waals surface area contributed by atoms with Crippen molar-refractivity contribution in [2.24, 2.45) is 0 Å². The molecule has 0 fully saturated rings. The Morgan fingerprint density at radius 2 is 1.80 bits per heavy atom. The van der Waals surface area contributed by atoms with E-state index in [1.165, 1.54) is 14.0 Å². The van der Waals surface area contributed by atoms with Crippen molar-refractivity contribution >= 4 is 23.2 Å². The lowest BCUT2D eigenvalue weighted by molar-refractivity contribution is -0.137. The van der Waals surface area contributed by atoms with Gasteiger partial charge in [-0.15, -0.1) is 0 Å². The third-order valence-corrected chi connectivity index (χ3v) is 2.27. The van der Waals surface area contributed by atoms with Gasteiger partial charge in [0.2, 0.25) is 11.8 Å². The highest BCUT2D eigenvalue weighted by Gasteiger charge is 2.31. The van der Waals surface area contributed by atoms with E-state index in [0.29, 0.717) is 0 Å². The average Bonchev–Trinajstić information content (AvgIpc) is 2.29. The van der Waals surface area contributed by atoms with Crippen molar-refractivity contribution in [3.8, 4) is 0 Å². The number of carbonyl (C=O) groups excluding carboxylic acids is 2. The van der Waals surface area contributed by atoms with Crippen molar-refractivity contribution in [3.05, 3.63) is 23.8 Å². The molecule has 8 heteroatoms. The van der Waals surface area contributed by atoms with Gasteiger partial charge < -0.3 is 16.0 Å². The van der Waals surface area contributed by atoms with Gasteiger partial charge in [-0.25, -0.2) is 0 Å². The Morgan fingerprint density at radius 1 is 1.15 bits per heavy atom. The minimum atomic E-state index is -4.53. The van der Waals surface area contributed by atoms with Crippen LogP contribution in [0, 0.1) is 0 Å². The summed E-state index contributed by atoms with van der Waals surface area (Å²) in [7, 11) is 1.53. The summed E-state index contributed by atoms with van der Waals surface area (Å²) < 4.78 is 37.9. The van der Waals surface area contributed by atoms with Crippen LogP contribution in [0.4, 0.5) is 24.5 Å². The number of amides is 2. The number of likely N-dealkylation sites (N-methyl/N-ethyl adjacent to an activating group) is 1.